The predicted molar refractivity (Wildman–Crippen MR) is 71.3 cm³/mol. The van der Waals surface area contributed by atoms with Crippen molar-refractivity contribution in [1.82, 2.24) is 9.97 Å². The van der Waals surface area contributed by atoms with Crippen LogP contribution in [0.1, 0.15) is 12.7 Å². The summed E-state index contributed by atoms with van der Waals surface area (Å²) in [6.45, 7) is 1.89. The van der Waals surface area contributed by atoms with Crippen LogP contribution in [0, 0.1) is 5.82 Å². The molecule has 1 aromatic heterocycles. The van der Waals surface area contributed by atoms with E-state index in [0.717, 1.165) is 0 Å². The van der Waals surface area contributed by atoms with E-state index in [1.54, 1.807) is 24.4 Å². The zero-order valence-corrected chi connectivity index (χ0v) is 10.9. The summed E-state index contributed by atoms with van der Waals surface area (Å²) in [4.78, 5) is 8.53. The minimum Gasteiger partial charge on any atom is -0.494 e. The Hall–Kier alpha value is -2.01. The van der Waals surface area contributed by atoms with Gasteiger partial charge >= 0.3 is 0 Å². The summed E-state index contributed by atoms with van der Waals surface area (Å²) in [6, 6.07) is 6.48. The topological polar surface area (TPSA) is 61.0 Å². The Morgan fingerprint density at radius 2 is 2.16 bits per heavy atom. The standard InChI is InChI=1S/C14H16FN3O/c1-9(16)7-14-17-6-5-12(18-14)10-3-4-13(19-2)11(15)8-10/h3-6,8-9H,7,16H2,1-2H3. The Kier molecular flexibility index (Phi) is 4.06. The number of nitrogens with two attached hydrogens (primary N) is 1. The molecule has 1 atom stereocenters. The van der Waals surface area contributed by atoms with Gasteiger partial charge in [-0.2, -0.15) is 0 Å². The largest absolute Gasteiger partial charge is 0.494 e. The van der Waals surface area contributed by atoms with Gasteiger partial charge in [0.25, 0.3) is 0 Å². The molecule has 0 aliphatic rings. The maximum absolute atomic E-state index is 13.7. The first-order valence-corrected chi connectivity index (χ1v) is 6.01. The number of halogens is 1. The number of rotatable bonds is 4. The van der Waals surface area contributed by atoms with Crippen LogP contribution in [-0.2, 0) is 6.42 Å². The molecule has 0 saturated heterocycles. The molecule has 1 heterocycles. The van der Waals surface area contributed by atoms with E-state index in [1.165, 1.54) is 13.2 Å². The number of aromatic nitrogens is 2. The van der Waals surface area contributed by atoms with E-state index in [2.05, 4.69) is 9.97 Å². The molecule has 0 aliphatic heterocycles. The van der Waals surface area contributed by atoms with Crippen LogP contribution < -0.4 is 10.5 Å². The Morgan fingerprint density at radius 1 is 1.37 bits per heavy atom. The predicted octanol–water partition coefficient (Wildman–Crippen LogP) is 2.18. The molecule has 1 unspecified atom stereocenters. The maximum atomic E-state index is 13.7. The Bertz CT molecular complexity index is 572. The van der Waals surface area contributed by atoms with Crippen LogP contribution in [0.3, 0.4) is 0 Å². The molecule has 2 aromatic rings. The van der Waals surface area contributed by atoms with Crippen molar-refractivity contribution < 1.29 is 9.13 Å². The van der Waals surface area contributed by atoms with Crippen LogP contribution in [0.4, 0.5) is 4.39 Å². The van der Waals surface area contributed by atoms with Crippen molar-refractivity contribution in [1.29, 1.82) is 0 Å². The molecule has 5 heteroatoms. The van der Waals surface area contributed by atoms with Gasteiger partial charge < -0.3 is 10.5 Å². The Balaban J connectivity index is 2.33. The van der Waals surface area contributed by atoms with Crippen molar-refractivity contribution in [2.24, 2.45) is 5.73 Å². The summed E-state index contributed by atoms with van der Waals surface area (Å²) < 4.78 is 18.5. The average molecular weight is 261 g/mol. The van der Waals surface area contributed by atoms with Crippen molar-refractivity contribution >= 4 is 0 Å². The van der Waals surface area contributed by atoms with Gasteiger partial charge in [-0.25, -0.2) is 14.4 Å². The summed E-state index contributed by atoms with van der Waals surface area (Å²) in [6.07, 6.45) is 2.24. The van der Waals surface area contributed by atoms with Gasteiger partial charge in [0.1, 0.15) is 5.82 Å². The lowest BCUT2D eigenvalue weighted by molar-refractivity contribution is 0.386. The van der Waals surface area contributed by atoms with Crippen LogP contribution in [0.5, 0.6) is 5.75 Å². The van der Waals surface area contributed by atoms with Gasteiger partial charge in [-0.3, -0.25) is 0 Å². The zero-order chi connectivity index (χ0) is 13.8. The first-order valence-electron chi connectivity index (χ1n) is 6.01. The number of hydrogen-bond acceptors (Lipinski definition) is 4. The number of nitrogens with zero attached hydrogens (tertiary/aromatic N) is 2. The summed E-state index contributed by atoms with van der Waals surface area (Å²) in [7, 11) is 1.43. The lowest BCUT2D eigenvalue weighted by atomic mass is 10.1. The third-order valence-electron chi connectivity index (χ3n) is 2.66. The number of benzene rings is 1. The third-order valence-corrected chi connectivity index (χ3v) is 2.66. The van der Waals surface area contributed by atoms with Crippen molar-refractivity contribution in [3.05, 3.63) is 42.1 Å². The Labute approximate surface area is 111 Å². The second-order valence-corrected chi connectivity index (χ2v) is 4.39. The van der Waals surface area contributed by atoms with Crippen LogP contribution in [0.15, 0.2) is 30.5 Å². The molecule has 0 amide bonds. The molecular formula is C14H16FN3O. The molecule has 1 aromatic carbocycles. The lowest BCUT2D eigenvalue weighted by Crippen LogP contribution is -2.19. The van der Waals surface area contributed by atoms with E-state index < -0.39 is 5.82 Å². The first-order chi connectivity index (χ1) is 9.10. The summed E-state index contributed by atoms with van der Waals surface area (Å²) in [5.74, 6) is 0.463. The second-order valence-electron chi connectivity index (χ2n) is 4.39. The lowest BCUT2D eigenvalue weighted by Gasteiger charge is -2.07. The van der Waals surface area contributed by atoms with E-state index >= 15 is 0 Å². The molecule has 0 aliphatic carbocycles. The quantitative estimate of drug-likeness (QED) is 0.916. The van der Waals surface area contributed by atoms with E-state index in [9.17, 15) is 4.39 Å². The van der Waals surface area contributed by atoms with Gasteiger partial charge in [0.15, 0.2) is 11.6 Å². The zero-order valence-electron chi connectivity index (χ0n) is 10.9. The first kappa shape index (κ1) is 13.4. The van der Waals surface area contributed by atoms with Gasteiger partial charge in [-0.1, -0.05) is 0 Å². The van der Waals surface area contributed by atoms with E-state index in [1.807, 2.05) is 6.92 Å². The van der Waals surface area contributed by atoms with E-state index in [4.69, 9.17) is 10.5 Å². The minimum absolute atomic E-state index is 0.0112. The van der Waals surface area contributed by atoms with Gasteiger partial charge in [0, 0.05) is 24.2 Å². The van der Waals surface area contributed by atoms with E-state index in [-0.39, 0.29) is 11.8 Å². The van der Waals surface area contributed by atoms with Crippen molar-refractivity contribution in [3.63, 3.8) is 0 Å². The fraction of sp³-hybridized carbons (Fsp3) is 0.286. The third kappa shape index (κ3) is 3.26. The monoisotopic (exact) mass is 261 g/mol. The smallest absolute Gasteiger partial charge is 0.165 e. The van der Waals surface area contributed by atoms with Crippen molar-refractivity contribution in [2.75, 3.05) is 7.11 Å². The second kappa shape index (κ2) is 5.75. The maximum Gasteiger partial charge on any atom is 0.165 e. The molecule has 4 nitrogen and oxygen atoms in total. The fourth-order valence-corrected chi connectivity index (χ4v) is 1.77. The van der Waals surface area contributed by atoms with Gasteiger partial charge in [0.05, 0.1) is 12.8 Å². The van der Waals surface area contributed by atoms with Gasteiger partial charge in [-0.15, -0.1) is 0 Å². The normalized spacial score (nSPS) is 12.2. The molecule has 0 radical (unpaired) electrons. The SMILES string of the molecule is COc1ccc(-c2ccnc(CC(C)N)n2)cc1F. The van der Waals surface area contributed by atoms with Crippen LogP contribution in [0.2, 0.25) is 0 Å². The number of hydrogen-bond donors (Lipinski definition) is 1. The molecule has 2 N–H and O–H groups in total. The highest BCUT2D eigenvalue weighted by Crippen LogP contribution is 2.24. The van der Waals surface area contributed by atoms with Crippen molar-refractivity contribution in [3.8, 4) is 17.0 Å². The summed E-state index contributed by atoms with van der Waals surface area (Å²) in [5, 5.41) is 0. The van der Waals surface area contributed by atoms with E-state index in [0.29, 0.717) is 23.5 Å². The molecule has 0 fully saturated rings. The molecule has 100 valence electrons. The highest BCUT2D eigenvalue weighted by Gasteiger charge is 2.08. The highest BCUT2D eigenvalue weighted by molar-refractivity contribution is 5.60. The fourth-order valence-electron chi connectivity index (χ4n) is 1.77. The van der Waals surface area contributed by atoms with Gasteiger partial charge in [0.2, 0.25) is 0 Å². The number of ether oxygens (including phenoxy) is 1. The molecule has 0 saturated carbocycles. The Morgan fingerprint density at radius 3 is 2.79 bits per heavy atom. The molecular weight excluding hydrogens is 245 g/mol. The highest BCUT2D eigenvalue weighted by atomic mass is 19.1. The molecule has 0 spiro atoms. The van der Waals surface area contributed by atoms with Crippen LogP contribution in [0.25, 0.3) is 11.3 Å². The molecule has 2 rings (SSSR count). The molecule has 0 bridgehead atoms. The van der Waals surface area contributed by atoms with Crippen molar-refractivity contribution in [2.45, 2.75) is 19.4 Å². The average Bonchev–Trinajstić information content (AvgIpc) is 2.38. The summed E-state index contributed by atoms with van der Waals surface area (Å²) >= 11 is 0. The van der Waals surface area contributed by atoms with Crippen LogP contribution >= 0.6 is 0 Å². The van der Waals surface area contributed by atoms with Gasteiger partial charge in [-0.05, 0) is 31.2 Å². The summed E-state index contributed by atoms with van der Waals surface area (Å²) in [5.41, 5.74) is 7.08. The molecule has 19 heavy (non-hydrogen) atoms. The number of methoxy groups -OCH3 is 1. The minimum atomic E-state index is -0.410. The van der Waals surface area contributed by atoms with Crippen LogP contribution in [-0.4, -0.2) is 23.1 Å².